The topological polar surface area (TPSA) is 49.4 Å². The predicted octanol–water partition coefficient (Wildman–Crippen LogP) is 2.34. The molecule has 0 spiro atoms. The number of hydrogen-bond acceptors (Lipinski definition) is 2. The summed E-state index contributed by atoms with van der Waals surface area (Å²) in [6.45, 7) is 5.76. The van der Waals surface area contributed by atoms with Gasteiger partial charge in [0, 0.05) is 19.6 Å². The Morgan fingerprint density at radius 1 is 1.05 bits per heavy atom. The molecule has 0 radical (unpaired) electrons. The van der Waals surface area contributed by atoms with Crippen LogP contribution in [0.1, 0.15) is 38.7 Å². The van der Waals surface area contributed by atoms with Crippen LogP contribution in [-0.4, -0.2) is 29.8 Å². The molecule has 0 heterocycles. The normalized spacial score (nSPS) is 10.1. The van der Waals surface area contributed by atoms with Crippen LogP contribution in [0.25, 0.3) is 0 Å². The van der Waals surface area contributed by atoms with Gasteiger partial charge in [-0.2, -0.15) is 0 Å². The first-order valence-electron chi connectivity index (χ1n) is 7.30. The van der Waals surface area contributed by atoms with Crippen molar-refractivity contribution in [2.45, 2.75) is 39.7 Å². The van der Waals surface area contributed by atoms with Crippen LogP contribution >= 0.6 is 0 Å². The lowest BCUT2D eigenvalue weighted by Crippen LogP contribution is -2.43. The van der Waals surface area contributed by atoms with E-state index in [1.807, 2.05) is 37.3 Å². The average Bonchev–Trinajstić information content (AvgIpc) is 2.49. The quantitative estimate of drug-likeness (QED) is 0.777. The molecule has 1 aromatic carbocycles. The minimum atomic E-state index is -0.515. The Labute approximate surface area is 121 Å². The second-order valence-corrected chi connectivity index (χ2v) is 4.81. The van der Waals surface area contributed by atoms with E-state index >= 15 is 0 Å². The molecule has 0 saturated carbocycles. The number of nitrogens with one attached hydrogen (secondary N) is 1. The Morgan fingerprint density at radius 2 is 1.75 bits per heavy atom. The molecule has 1 aromatic rings. The largest absolute Gasteiger partial charge is 0.344 e. The smallest absolute Gasteiger partial charge is 0.311 e. The molecule has 110 valence electrons. The third-order valence-corrected chi connectivity index (χ3v) is 3.05. The Balaban J connectivity index is 2.49. The highest BCUT2D eigenvalue weighted by molar-refractivity contribution is 6.34. The fraction of sp³-hybridized carbons (Fsp3) is 0.500. The first kappa shape index (κ1) is 16.2. The summed E-state index contributed by atoms with van der Waals surface area (Å²) in [7, 11) is 0. The molecule has 4 nitrogen and oxygen atoms in total. The van der Waals surface area contributed by atoms with Gasteiger partial charge >= 0.3 is 11.8 Å². The number of carbonyl (C=O) groups is 2. The van der Waals surface area contributed by atoms with E-state index in [1.54, 1.807) is 4.90 Å². The van der Waals surface area contributed by atoms with Crippen LogP contribution in [0.15, 0.2) is 30.3 Å². The van der Waals surface area contributed by atoms with Crippen molar-refractivity contribution < 1.29 is 9.59 Å². The second kappa shape index (κ2) is 9.13. The van der Waals surface area contributed by atoms with E-state index in [0.29, 0.717) is 19.6 Å². The highest BCUT2D eigenvalue weighted by Crippen LogP contribution is 2.00. The third kappa shape index (κ3) is 5.43. The minimum absolute atomic E-state index is 0.388. The van der Waals surface area contributed by atoms with Gasteiger partial charge in [-0.3, -0.25) is 9.59 Å². The molecule has 2 amide bonds. The number of unbranched alkanes of at least 4 members (excludes halogenated alkanes) is 1. The molecule has 0 atom stereocenters. The summed E-state index contributed by atoms with van der Waals surface area (Å²) in [4.78, 5) is 25.6. The lowest BCUT2D eigenvalue weighted by atomic mass is 10.2. The molecule has 1 N–H and O–H groups in total. The van der Waals surface area contributed by atoms with Crippen LogP contribution in [0.3, 0.4) is 0 Å². The molecule has 0 saturated heterocycles. The van der Waals surface area contributed by atoms with Crippen molar-refractivity contribution in [1.29, 1.82) is 0 Å². The zero-order valence-corrected chi connectivity index (χ0v) is 12.4. The summed E-state index contributed by atoms with van der Waals surface area (Å²) < 4.78 is 0. The van der Waals surface area contributed by atoms with E-state index in [4.69, 9.17) is 0 Å². The fourth-order valence-electron chi connectivity index (χ4n) is 1.93. The molecular weight excluding hydrogens is 252 g/mol. The SMILES string of the molecule is CCCCN(CCC)C(=O)C(=O)NCc1ccccc1. The summed E-state index contributed by atoms with van der Waals surface area (Å²) in [5.74, 6) is -0.936. The van der Waals surface area contributed by atoms with Crippen LogP contribution in [0.2, 0.25) is 0 Å². The Hall–Kier alpha value is -1.84. The lowest BCUT2D eigenvalue weighted by Gasteiger charge is -2.21. The number of nitrogens with zero attached hydrogens (tertiary/aromatic N) is 1. The second-order valence-electron chi connectivity index (χ2n) is 4.81. The first-order valence-corrected chi connectivity index (χ1v) is 7.30. The van der Waals surface area contributed by atoms with Crippen LogP contribution in [-0.2, 0) is 16.1 Å². The Kier molecular flexibility index (Phi) is 7.40. The van der Waals surface area contributed by atoms with Crippen molar-refractivity contribution >= 4 is 11.8 Å². The summed E-state index contributed by atoms with van der Waals surface area (Å²) in [6, 6.07) is 9.59. The van der Waals surface area contributed by atoms with Crippen molar-refractivity contribution in [3.63, 3.8) is 0 Å². The number of carbonyl (C=O) groups excluding carboxylic acids is 2. The van der Waals surface area contributed by atoms with Crippen LogP contribution < -0.4 is 5.32 Å². The zero-order valence-electron chi connectivity index (χ0n) is 12.4. The van der Waals surface area contributed by atoms with Crippen molar-refractivity contribution in [3.05, 3.63) is 35.9 Å². The lowest BCUT2D eigenvalue weighted by molar-refractivity contribution is -0.146. The molecule has 0 bridgehead atoms. The van der Waals surface area contributed by atoms with Crippen molar-refractivity contribution in [2.24, 2.45) is 0 Å². The number of rotatable bonds is 7. The molecule has 4 heteroatoms. The average molecular weight is 276 g/mol. The number of amides is 2. The summed E-state index contributed by atoms with van der Waals surface area (Å²) >= 11 is 0. The van der Waals surface area contributed by atoms with E-state index in [0.717, 1.165) is 24.8 Å². The summed E-state index contributed by atoms with van der Waals surface area (Å²) in [5, 5.41) is 2.68. The van der Waals surface area contributed by atoms with Crippen molar-refractivity contribution in [3.8, 4) is 0 Å². The molecule has 0 fully saturated rings. The van der Waals surface area contributed by atoms with Gasteiger partial charge in [0.2, 0.25) is 0 Å². The van der Waals surface area contributed by atoms with E-state index in [1.165, 1.54) is 0 Å². The highest BCUT2D eigenvalue weighted by Gasteiger charge is 2.20. The number of hydrogen-bond donors (Lipinski definition) is 1. The van der Waals surface area contributed by atoms with E-state index < -0.39 is 11.8 Å². The summed E-state index contributed by atoms with van der Waals surface area (Å²) in [6.07, 6.45) is 2.80. The molecule has 0 unspecified atom stereocenters. The fourth-order valence-corrected chi connectivity index (χ4v) is 1.93. The Bertz CT molecular complexity index is 418. The van der Waals surface area contributed by atoms with Gasteiger partial charge in [0.15, 0.2) is 0 Å². The van der Waals surface area contributed by atoms with Gasteiger partial charge < -0.3 is 10.2 Å². The van der Waals surface area contributed by atoms with Gasteiger partial charge in [0.25, 0.3) is 0 Å². The molecular formula is C16H24N2O2. The highest BCUT2D eigenvalue weighted by atomic mass is 16.2. The standard InChI is InChI=1S/C16H24N2O2/c1-3-5-12-18(11-4-2)16(20)15(19)17-13-14-9-7-6-8-10-14/h6-10H,3-5,11-13H2,1-2H3,(H,17,19). The summed E-state index contributed by atoms with van der Waals surface area (Å²) in [5.41, 5.74) is 0.990. The van der Waals surface area contributed by atoms with Crippen molar-refractivity contribution in [1.82, 2.24) is 10.2 Å². The predicted molar refractivity (Wildman–Crippen MR) is 80.1 cm³/mol. The van der Waals surface area contributed by atoms with Crippen LogP contribution in [0.4, 0.5) is 0 Å². The van der Waals surface area contributed by atoms with Crippen molar-refractivity contribution in [2.75, 3.05) is 13.1 Å². The Morgan fingerprint density at radius 3 is 2.35 bits per heavy atom. The van der Waals surface area contributed by atoms with E-state index in [2.05, 4.69) is 12.2 Å². The van der Waals surface area contributed by atoms with Gasteiger partial charge in [-0.15, -0.1) is 0 Å². The first-order chi connectivity index (χ1) is 9.69. The van der Waals surface area contributed by atoms with E-state index in [9.17, 15) is 9.59 Å². The van der Waals surface area contributed by atoms with Gasteiger partial charge in [-0.1, -0.05) is 50.6 Å². The zero-order chi connectivity index (χ0) is 14.8. The monoisotopic (exact) mass is 276 g/mol. The van der Waals surface area contributed by atoms with Gasteiger partial charge in [0.05, 0.1) is 0 Å². The molecule has 0 aliphatic heterocycles. The molecule has 1 rings (SSSR count). The van der Waals surface area contributed by atoms with Gasteiger partial charge in [-0.05, 0) is 18.4 Å². The third-order valence-electron chi connectivity index (χ3n) is 3.05. The number of benzene rings is 1. The maximum atomic E-state index is 12.1. The maximum absolute atomic E-state index is 12.1. The van der Waals surface area contributed by atoms with Crippen LogP contribution in [0.5, 0.6) is 0 Å². The molecule has 20 heavy (non-hydrogen) atoms. The van der Waals surface area contributed by atoms with Crippen LogP contribution in [0, 0.1) is 0 Å². The van der Waals surface area contributed by atoms with E-state index in [-0.39, 0.29) is 0 Å². The minimum Gasteiger partial charge on any atom is -0.344 e. The van der Waals surface area contributed by atoms with Gasteiger partial charge in [0.1, 0.15) is 0 Å². The maximum Gasteiger partial charge on any atom is 0.311 e. The van der Waals surface area contributed by atoms with Gasteiger partial charge in [-0.25, -0.2) is 0 Å². The molecule has 0 aliphatic rings. The molecule has 0 aliphatic carbocycles. The molecule has 0 aromatic heterocycles.